The van der Waals surface area contributed by atoms with Gasteiger partial charge in [-0.2, -0.15) is 0 Å². The standard InChI is InChI=1S/C19H19NO2/c1-14-9-15(13-20-12-14)7-8-19(21)22-18-10-17(11-18)16-5-3-2-4-6-16/h2-9,12-13,17-18H,10-11H2,1H3/b8-7+. The largest absolute Gasteiger partial charge is 0.459 e. The Hall–Kier alpha value is -2.42. The van der Waals surface area contributed by atoms with Crippen molar-refractivity contribution in [2.24, 2.45) is 0 Å². The number of carbonyl (C=O) groups is 1. The maximum Gasteiger partial charge on any atom is 0.331 e. The van der Waals surface area contributed by atoms with Crippen LogP contribution in [-0.2, 0) is 9.53 Å². The van der Waals surface area contributed by atoms with E-state index in [-0.39, 0.29) is 12.1 Å². The van der Waals surface area contributed by atoms with Crippen LogP contribution < -0.4 is 0 Å². The lowest BCUT2D eigenvalue weighted by atomic mass is 9.77. The Bertz CT molecular complexity index is 673. The van der Waals surface area contributed by atoms with E-state index < -0.39 is 0 Å². The number of rotatable bonds is 4. The van der Waals surface area contributed by atoms with Crippen molar-refractivity contribution < 1.29 is 9.53 Å². The van der Waals surface area contributed by atoms with Crippen molar-refractivity contribution >= 4 is 12.0 Å². The molecule has 1 aromatic carbocycles. The number of nitrogens with zero attached hydrogens (tertiary/aromatic N) is 1. The molecule has 2 aromatic rings. The number of pyridine rings is 1. The summed E-state index contributed by atoms with van der Waals surface area (Å²) in [7, 11) is 0. The average molecular weight is 293 g/mol. The average Bonchev–Trinajstić information content (AvgIpc) is 2.49. The van der Waals surface area contributed by atoms with E-state index in [2.05, 4.69) is 17.1 Å². The molecular weight excluding hydrogens is 274 g/mol. The van der Waals surface area contributed by atoms with E-state index in [0.29, 0.717) is 5.92 Å². The van der Waals surface area contributed by atoms with E-state index in [0.717, 1.165) is 24.0 Å². The van der Waals surface area contributed by atoms with E-state index in [1.165, 1.54) is 11.6 Å². The highest BCUT2D eigenvalue weighted by Gasteiger charge is 2.32. The minimum Gasteiger partial charge on any atom is -0.459 e. The van der Waals surface area contributed by atoms with Gasteiger partial charge < -0.3 is 4.74 Å². The Morgan fingerprint density at radius 3 is 2.73 bits per heavy atom. The van der Waals surface area contributed by atoms with Gasteiger partial charge in [0.2, 0.25) is 0 Å². The molecule has 0 bridgehead atoms. The molecule has 3 nitrogen and oxygen atoms in total. The lowest BCUT2D eigenvalue weighted by molar-refractivity contribution is -0.147. The summed E-state index contributed by atoms with van der Waals surface area (Å²) in [5.41, 5.74) is 3.31. The van der Waals surface area contributed by atoms with Gasteiger partial charge in [0.1, 0.15) is 6.10 Å². The maximum absolute atomic E-state index is 11.8. The van der Waals surface area contributed by atoms with Crippen LogP contribution in [0.3, 0.4) is 0 Å². The second-order valence-corrected chi connectivity index (χ2v) is 5.77. The van der Waals surface area contributed by atoms with E-state index in [4.69, 9.17) is 4.74 Å². The predicted octanol–water partition coefficient (Wildman–Crippen LogP) is 3.89. The summed E-state index contributed by atoms with van der Waals surface area (Å²) in [5, 5.41) is 0. The number of aryl methyl sites for hydroxylation is 1. The normalized spacial score (nSPS) is 20.6. The van der Waals surface area contributed by atoms with Crippen LogP contribution in [0.15, 0.2) is 54.9 Å². The number of esters is 1. The molecule has 0 N–H and O–H groups in total. The van der Waals surface area contributed by atoms with Crippen LogP contribution in [0.25, 0.3) is 6.08 Å². The van der Waals surface area contributed by atoms with Gasteiger partial charge in [-0.25, -0.2) is 4.79 Å². The van der Waals surface area contributed by atoms with Gasteiger partial charge in [-0.05, 0) is 54.5 Å². The zero-order valence-electron chi connectivity index (χ0n) is 12.6. The first kappa shape index (κ1) is 14.5. The monoisotopic (exact) mass is 293 g/mol. The molecule has 0 saturated heterocycles. The fraction of sp³-hybridized carbons (Fsp3) is 0.263. The summed E-state index contributed by atoms with van der Waals surface area (Å²) >= 11 is 0. The van der Waals surface area contributed by atoms with Crippen molar-refractivity contribution in [3.05, 3.63) is 71.6 Å². The Morgan fingerprint density at radius 1 is 1.23 bits per heavy atom. The topological polar surface area (TPSA) is 39.2 Å². The van der Waals surface area contributed by atoms with Gasteiger partial charge >= 0.3 is 5.97 Å². The van der Waals surface area contributed by atoms with E-state index in [1.54, 1.807) is 18.5 Å². The highest BCUT2D eigenvalue weighted by Crippen LogP contribution is 2.38. The molecule has 1 aliphatic rings. The summed E-state index contributed by atoms with van der Waals surface area (Å²) in [6.45, 7) is 1.97. The van der Waals surface area contributed by atoms with Gasteiger partial charge in [-0.3, -0.25) is 4.98 Å². The molecule has 22 heavy (non-hydrogen) atoms. The molecule has 112 valence electrons. The lowest BCUT2D eigenvalue weighted by Crippen LogP contribution is -2.31. The first-order valence-electron chi connectivity index (χ1n) is 7.56. The minimum atomic E-state index is -0.280. The number of ether oxygens (including phenoxy) is 1. The van der Waals surface area contributed by atoms with Crippen molar-refractivity contribution in [1.82, 2.24) is 4.98 Å². The van der Waals surface area contributed by atoms with Gasteiger partial charge in [0.15, 0.2) is 0 Å². The molecule has 3 rings (SSSR count). The quantitative estimate of drug-likeness (QED) is 0.634. The van der Waals surface area contributed by atoms with Crippen molar-refractivity contribution in [2.45, 2.75) is 31.8 Å². The molecular formula is C19H19NO2. The molecule has 0 amide bonds. The molecule has 0 aliphatic heterocycles. The number of hydrogen-bond donors (Lipinski definition) is 0. The second-order valence-electron chi connectivity index (χ2n) is 5.77. The predicted molar refractivity (Wildman–Crippen MR) is 86.3 cm³/mol. The van der Waals surface area contributed by atoms with Crippen molar-refractivity contribution in [3.8, 4) is 0 Å². The molecule has 0 radical (unpaired) electrons. The van der Waals surface area contributed by atoms with Crippen LogP contribution in [0.1, 0.15) is 35.4 Å². The molecule has 0 spiro atoms. The fourth-order valence-corrected chi connectivity index (χ4v) is 2.70. The van der Waals surface area contributed by atoms with Crippen LogP contribution in [0.5, 0.6) is 0 Å². The Kier molecular flexibility index (Phi) is 4.33. The van der Waals surface area contributed by atoms with Gasteiger partial charge in [0.25, 0.3) is 0 Å². The number of carbonyl (C=O) groups excluding carboxylic acids is 1. The van der Waals surface area contributed by atoms with Crippen LogP contribution in [-0.4, -0.2) is 17.1 Å². The molecule has 1 saturated carbocycles. The highest BCUT2D eigenvalue weighted by molar-refractivity contribution is 5.87. The van der Waals surface area contributed by atoms with Crippen LogP contribution >= 0.6 is 0 Å². The van der Waals surface area contributed by atoms with Gasteiger partial charge in [0.05, 0.1) is 0 Å². The molecule has 3 heteroatoms. The third-order valence-electron chi connectivity index (χ3n) is 3.96. The third-order valence-corrected chi connectivity index (χ3v) is 3.96. The van der Waals surface area contributed by atoms with E-state index in [9.17, 15) is 4.79 Å². The minimum absolute atomic E-state index is 0.0398. The molecule has 1 heterocycles. The zero-order valence-corrected chi connectivity index (χ0v) is 12.6. The lowest BCUT2D eigenvalue weighted by Gasteiger charge is -2.34. The van der Waals surface area contributed by atoms with Crippen molar-refractivity contribution in [2.75, 3.05) is 0 Å². The number of aromatic nitrogens is 1. The molecule has 1 fully saturated rings. The maximum atomic E-state index is 11.8. The first-order chi connectivity index (χ1) is 10.7. The SMILES string of the molecule is Cc1cncc(/C=C/C(=O)OC2CC(c3ccccc3)C2)c1. The number of benzene rings is 1. The first-order valence-corrected chi connectivity index (χ1v) is 7.56. The van der Waals surface area contributed by atoms with Gasteiger partial charge in [0, 0.05) is 18.5 Å². The molecule has 0 atom stereocenters. The van der Waals surface area contributed by atoms with Crippen LogP contribution in [0.2, 0.25) is 0 Å². The molecule has 1 aromatic heterocycles. The highest BCUT2D eigenvalue weighted by atomic mass is 16.5. The van der Waals surface area contributed by atoms with E-state index >= 15 is 0 Å². The Morgan fingerprint density at radius 2 is 2.00 bits per heavy atom. The zero-order chi connectivity index (χ0) is 15.4. The molecule has 0 unspecified atom stereocenters. The third kappa shape index (κ3) is 3.61. The Balaban J connectivity index is 1.48. The smallest absolute Gasteiger partial charge is 0.331 e. The van der Waals surface area contributed by atoms with Gasteiger partial charge in [-0.15, -0.1) is 0 Å². The summed E-state index contributed by atoms with van der Waals surface area (Å²) in [6.07, 6.45) is 8.60. The summed E-state index contributed by atoms with van der Waals surface area (Å²) in [6, 6.07) is 12.4. The Labute approximate surface area is 130 Å². The van der Waals surface area contributed by atoms with Crippen molar-refractivity contribution in [3.63, 3.8) is 0 Å². The molecule has 1 aliphatic carbocycles. The summed E-state index contributed by atoms with van der Waals surface area (Å²) in [5.74, 6) is 0.238. The van der Waals surface area contributed by atoms with E-state index in [1.807, 2.05) is 31.2 Å². The van der Waals surface area contributed by atoms with Crippen LogP contribution in [0, 0.1) is 6.92 Å². The summed E-state index contributed by atoms with van der Waals surface area (Å²) < 4.78 is 5.44. The summed E-state index contributed by atoms with van der Waals surface area (Å²) in [4.78, 5) is 15.9. The number of hydrogen-bond acceptors (Lipinski definition) is 3. The van der Waals surface area contributed by atoms with Crippen LogP contribution in [0.4, 0.5) is 0 Å². The fourth-order valence-electron chi connectivity index (χ4n) is 2.70. The second kappa shape index (κ2) is 6.56. The van der Waals surface area contributed by atoms with Crippen molar-refractivity contribution in [1.29, 1.82) is 0 Å². The van der Waals surface area contributed by atoms with Gasteiger partial charge in [-0.1, -0.05) is 30.3 Å².